The average Bonchev–Trinajstić information content (AvgIpc) is 3.19. The number of pyridine rings is 1. The Morgan fingerprint density at radius 2 is 1.72 bits per heavy atom. The molecule has 1 aliphatic heterocycles. The van der Waals surface area contributed by atoms with E-state index in [4.69, 9.17) is 0 Å². The van der Waals surface area contributed by atoms with Gasteiger partial charge in [0, 0.05) is 38.4 Å². The first kappa shape index (κ1) is 15.4. The third kappa shape index (κ3) is 3.24. The molecule has 0 saturated carbocycles. The maximum atomic E-state index is 12.5. The molecule has 0 bridgehead atoms. The molecule has 3 heterocycles. The lowest BCUT2D eigenvalue weighted by Gasteiger charge is -2.34. The van der Waals surface area contributed by atoms with Gasteiger partial charge < -0.3 is 9.80 Å². The summed E-state index contributed by atoms with van der Waals surface area (Å²) in [5.41, 5.74) is 2.62. The van der Waals surface area contributed by atoms with Gasteiger partial charge in [-0.25, -0.2) is 0 Å². The van der Waals surface area contributed by atoms with Crippen LogP contribution in [-0.4, -0.2) is 52.2 Å². The van der Waals surface area contributed by atoms with Crippen molar-refractivity contribution in [1.82, 2.24) is 20.1 Å². The fourth-order valence-electron chi connectivity index (χ4n) is 3.03. The molecule has 25 heavy (non-hydrogen) atoms. The molecule has 0 spiro atoms. The van der Waals surface area contributed by atoms with E-state index in [1.165, 1.54) is 0 Å². The smallest absolute Gasteiger partial charge is 0.272 e. The van der Waals surface area contributed by atoms with Crippen LogP contribution >= 0.6 is 0 Å². The molecule has 1 amide bonds. The topological polar surface area (TPSA) is 65.1 Å². The fourth-order valence-corrected chi connectivity index (χ4v) is 3.03. The molecule has 1 aliphatic rings. The van der Waals surface area contributed by atoms with E-state index in [1.807, 2.05) is 35.2 Å². The summed E-state index contributed by atoms with van der Waals surface area (Å²) in [5, 5.41) is 7.53. The van der Waals surface area contributed by atoms with E-state index in [1.54, 1.807) is 12.3 Å². The Morgan fingerprint density at radius 1 is 0.960 bits per heavy atom. The number of carbonyl (C=O) groups excluding carboxylic acids is 1. The highest BCUT2D eigenvalue weighted by atomic mass is 16.2. The Kier molecular flexibility index (Phi) is 4.16. The van der Waals surface area contributed by atoms with Gasteiger partial charge in [-0.2, -0.15) is 5.10 Å². The van der Waals surface area contributed by atoms with Crippen molar-refractivity contribution in [3.63, 3.8) is 0 Å². The summed E-state index contributed by atoms with van der Waals surface area (Å²) in [6.07, 6.45) is 1.65. The standard InChI is InChI=1S/C19H19N5O/c25-19(16-8-4-5-9-20-16)24-12-10-23(11-13-24)18-14-17(21-22-18)15-6-2-1-3-7-15/h1-9,14H,10-13H2,(H,21,22). The van der Waals surface area contributed by atoms with Crippen molar-refractivity contribution < 1.29 is 4.79 Å². The molecular formula is C19H19N5O. The molecule has 0 aliphatic carbocycles. The number of carbonyl (C=O) groups is 1. The summed E-state index contributed by atoms with van der Waals surface area (Å²) in [7, 11) is 0. The number of piperazine rings is 1. The third-order valence-electron chi connectivity index (χ3n) is 4.42. The van der Waals surface area contributed by atoms with E-state index in [-0.39, 0.29) is 5.91 Å². The van der Waals surface area contributed by atoms with E-state index < -0.39 is 0 Å². The fraction of sp³-hybridized carbons (Fsp3) is 0.211. The van der Waals surface area contributed by atoms with E-state index in [0.717, 1.165) is 30.2 Å². The number of hydrogen-bond donors (Lipinski definition) is 1. The molecule has 0 atom stereocenters. The Morgan fingerprint density at radius 3 is 2.44 bits per heavy atom. The lowest BCUT2D eigenvalue weighted by Crippen LogP contribution is -2.49. The van der Waals surface area contributed by atoms with Gasteiger partial charge >= 0.3 is 0 Å². The first-order chi connectivity index (χ1) is 12.3. The van der Waals surface area contributed by atoms with Crippen molar-refractivity contribution in [3.05, 3.63) is 66.5 Å². The van der Waals surface area contributed by atoms with Crippen LogP contribution in [0, 0.1) is 0 Å². The number of H-pyrrole nitrogens is 1. The summed E-state index contributed by atoms with van der Waals surface area (Å²) in [4.78, 5) is 20.7. The Hall–Kier alpha value is -3.15. The van der Waals surface area contributed by atoms with Gasteiger partial charge in [-0.3, -0.25) is 14.9 Å². The van der Waals surface area contributed by atoms with Crippen molar-refractivity contribution in [2.45, 2.75) is 0 Å². The monoisotopic (exact) mass is 333 g/mol. The Bertz CT molecular complexity index is 839. The van der Waals surface area contributed by atoms with E-state index in [9.17, 15) is 4.79 Å². The zero-order chi connectivity index (χ0) is 17.1. The first-order valence-electron chi connectivity index (χ1n) is 8.37. The van der Waals surface area contributed by atoms with Crippen molar-refractivity contribution in [3.8, 4) is 11.3 Å². The number of hydrogen-bond acceptors (Lipinski definition) is 4. The van der Waals surface area contributed by atoms with Crippen LogP contribution in [0.2, 0.25) is 0 Å². The molecule has 1 aromatic carbocycles. The minimum atomic E-state index is -0.00717. The molecule has 0 radical (unpaired) electrons. The van der Waals surface area contributed by atoms with Crippen LogP contribution in [0.15, 0.2) is 60.8 Å². The van der Waals surface area contributed by atoms with Crippen LogP contribution in [0.1, 0.15) is 10.5 Å². The van der Waals surface area contributed by atoms with Gasteiger partial charge in [0.2, 0.25) is 0 Å². The maximum Gasteiger partial charge on any atom is 0.272 e. The molecule has 6 heteroatoms. The molecule has 6 nitrogen and oxygen atoms in total. The van der Waals surface area contributed by atoms with Crippen LogP contribution in [0.5, 0.6) is 0 Å². The molecule has 0 unspecified atom stereocenters. The van der Waals surface area contributed by atoms with Crippen LogP contribution in [0.25, 0.3) is 11.3 Å². The van der Waals surface area contributed by atoms with Crippen LogP contribution in [-0.2, 0) is 0 Å². The van der Waals surface area contributed by atoms with Gasteiger partial charge in [0.25, 0.3) is 5.91 Å². The molecule has 1 saturated heterocycles. The van der Waals surface area contributed by atoms with Gasteiger partial charge in [0.05, 0.1) is 5.69 Å². The zero-order valence-corrected chi connectivity index (χ0v) is 13.8. The van der Waals surface area contributed by atoms with Crippen LogP contribution in [0.4, 0.5) is 5.82 Å². The number of aromatic nitrogens is 3. The molecule has 2 aromatic heterocycles. The number of rotatable bonds is 3. The number of nitrogens with one attached hydrogen (secondary N) is 1. The highest BCUT2D eigenvalue weighted by Gasteiger charge is 2.24. The largest absolute Gasteiger partial charge is 0.352 e. The predicted octanol–water partition coefficient (Wildman–Crippen LogP) is 2.43. The summed E-state index contributed by atoms with van der Waals surface area (Å²) >= 11 is 0. The molecule has 1 N–H and O–H groups in total. The van der Waals surface area contributed by atoms with Gasteiger partial charge in [-0.1, -0.05) is 36.4 Å². The second-order valence-electron chi connectivity index (χ2n) is 6.00. The highest BCUT2D eigenvalue weighted by molar-refractivity contribution is 5.92. The minimum absolute atomic E-state index is 0.00717. The Balaban J connectivity index is 1.41. The summed E-state index contributed by atoms with van der Waals surface area (Å²) < 4.78 is 0. The predicted molar refractivity (Wildman–Crippen MR) is 96.4 cm³/mol. The van der Waals surface area contributed by atoms with Crippen molar-refractivity contribution in [2.75, 3.05) is 31.1 Å². The van der Waals surface area contributed by atoms with Gasteiger partial charge in [0.15, 0.2) is 5.82 Å². The lowest BCUT2D eigenvalue weighted by atomic mass is 10.1. The quantitative estimate of drug-likeness (QED) is 0.799. The van der Waals surface area contributed by atoms with E-state index in [0.29, 0.717) is 18.8 Å². The SMILES string of the molecule is O=C(c1ccccn1)N1CCN(c2cc(-c3ccccc3)[nH]n2)CC1. The second kappa shape index (κ2) is 6.76. The summed E-state index contributed by atoms with van der Waals surface area (Å²) in [6, 6.07) is 17.6. The first-order valence-corrected chi connectivity index (χ1v) is 8.37. The number of aromatic amines is 1. The van der Waals surface area contributed by atoms with E-state index >= 15 is 0 Å². The zero-order valence-electron chi connectivity index (χ0n) is 13.8. The summed E-state index contributed by atoms with van der Waals surface area (Å²) in [6.45, 7) is 2.86. The van der Waals surface area contributed by atoms with Crippen molar-refractivity contribution in [2.24, 2.45) is 0 Å². The maximum absolute atomic E-state index is 12.5. The number of benzene rings is 1. The number of anilines is 1. The molecule has 1 fully saturated rings. The lowest BCUT2D eigenvalue weighted by molar-refractivity contribution is 0.0740. The second-order valence-corrected chi connectivity index (χ2v) is 6.00. The van der Waals surface area contributed by atoms with Crippen molar-refractivity contribution in [1.29, 1.82) is 0 Å². The van der Waals surface area contributed by atoms with Gasteiger partial charge in [-0.15, -0.1) is 0 Å². The molecule has 126 valence electrons. The number of amides is 1. The third-order valence-corrected chi connectivity index (χ3v) is 4.42. The van der Waals surface area contributed by atoms with Gasteiger partial charge in [0.1, 0.15) is 5.69 Å². The highest BCUT2D eigenvalue weighted by Crippen LogP contribution is 2.22. The van der Waals surface area contributed by atoms with Crippen LogP contribution < -0.4 is 4.90 Å². The van der Waals surface area contributed by atoms with Gasteiger partial charge in [-0.05, 0) is 17.7 Å². The molecular weight excluding hydrogens is 314 g/mol. The molecule has 4 rings (SSSR count). The van der Waals surface area contributed by atoms with Crippen molar-refractivity contribution >= 4 is 11.7 Å². The minimum Gasteiger partial charge on any atom is -0.352 e. The summed E-state index contributed by atoms with van der Waals surface area (Å²) in [5.74, 6) is 0.913. The number of nitrogens with zero attached hydrogens (tertiary/aromatic N) is 4. The Labute approximate surface area is 146 Å². The van der Waals surface area contributed by atoms with E-state index in [2.05, 4.69) is 38.3 Å². The average molecular weight is 333 g/mol. The normalized spacial score (nSPS) is 14.6. The molecule has 3 aromatic rings. The van der Waals surface area contributed by atoms with Crippen LogP contribution in [0.3, 0.4) is 0 Å².